The summed E-state index contributed by atoms with van der Waals surface area (Å²) in [6.45, 7) is 8.48. The summed E-state index contributed by atoms with van der Waals surface area (Å²) in [5, 5.41) is 3.01. The normalized spacial score (nSPS) is 19.9. The highest BCUT2D eigenvalue weighted by Gasteiger charge is 2.30. The van der Waals surface area contributed by atoms with Crippen LogP contribution in [0.25, 0.3) is 0 Å². The Kier molecular flexibility index (Phi) is 6.23. The van der Waals surface area contributed by atoms with Crippen LogP contribution in [0.4, 0.5) is 0 Å². The summed E-state index contributed by atoms with van der Waals surface area (Å²) in [5.41, 5.74) is 2.45. The lowest BCUT2D eigenvalue weighted by molar-refractivity contribution is -0.123. The maximum absolute atomic E-state index is 13.0. The SMILES string of the molecule is CC(C)[C@H](C)NC(=O)CN1CCN(S(=O)(=O)c2ccc3c(c2)CCC3)CC1. The van der Waals surface area contributed by atoms with Crippen molar-refractivity contribution in [3.8, 4) is 0 Å². The summed E-state index contributed by atoms with van der Waals surface area (Å²) < 4.78 is 27.5. The molecule has 0 aromatic heterocycles. The first-order valence-electron chi connectivity index (χ1n) is 9.91. The van der Waals surface area contributed by atoms with Crippen LogP contribution >= 0.6 is 0 Å². The van der Waals surface area contributed by atoms with Gasteiger partial charge in [0.2, 0.25) is 15.9 Å². The molecule has 0 unspecified atom stereocenters. The molecule has 0 saturated carbocycles. The van der Waals surface area contributed by atoms with Crippen molar-refractivity contribution in [1.82, 2.24) is 14.5 Å². The molecule has 0 spiro atoms. The molecule has 2 aliphatic rings. The first-order valence-corrected chi connectivity index (χ1v) is 11.3. The van der Waals surface area contributed by atoms with Crippen LogP contribution < -0.4 is 5.32 Å². The Bertz CT molecular complexity index is 784. The quantitative estimate of drug-likeness (QED) is 0.798. The topological polar surface area (TPSA) is 69.7 Å². The highest BCUT2D eigenvalue weighted by Crippen LogP contribution is 2.26. The van der Waals surface area contributed by atoms with E-state index in [1.165, 1.54) is 11.1 Å². The molecule has 150 valence electrons. The highest BCUT2D eigenvalue weighted by atomic mass is 32.2. The molecule has 27 heavy (non-hydrogen) atoms. The molecule has 1 atom stereocenters. The maximum Gasteiger partial charge on any atom is 0.243 e. The van der Waals surface area contributed by atoms with E-state index in [1.807, 2.05) is 24.0 Å². The standard InChI is InChI=1S/C20H31N3O3S/c1-15(2)16(3)21-20(24)14-22-9-11-23(12-10-22)27(25,26)19-8-7-17-5-4-6-18(17)13-19/h7-8,13,15-16H,4-6,9-12,14H2,1-3H3,(H,21,24)/t16-/m0/s1. The van der Waals surface area contributed by atoms with Crippen molar-refractivity contribution in [2.24, 2.45) is 5.92 Å². The van der Waals surface area contributed by atoms with Crippen LogP contribution in [0, 0.1) is 5.92 Å². The van der Waals surface area contributed by atoms with E-state index in [0.717, 1.165) is 19.3 Å². The summed E-state index contributed by atoms with van der Waals surface area (Å²) in [6, 6.07) is 5.70. The summed E-state index contributed by atoms with van der Waals surface area (Å²) in [4.78, 5) is 14.6. The molecule has 0 radical (unpaired) electrons. The lowest BCUT2D eigenvalue weighted by atomic mass is 10.1. The van der Waals surface area contributed by atoms with Crippen molar-refractivity contribution in [3.05, 3.63) is 29.3 Å². The Morgan fingerprint density at radius 2 is 1.74 bits per heavy atom. The van der Waals surface area contributed by atoms with Gasteiger partial charge in [0.15, 0.2) is 0 Å². The molecule has 1 aliphatic carbocycles. The molecule has 6 nitrogen and oxygen atoms in total. The minimum absolute atomic E-state index is 0.00568. The second-order valence-corrected chi connectivity index (χ2v) is 10.0. The highest BCUT2D eigenvalue weighted by molar-refractivity contribution is 7.89. The third-order valence-electron chi connectivity index (χ3n) is 5.79. The van der Waals surface area contributed by atoms with E-state index in [9.17, 15) is 13.2 Å². The Labute approximate surface area is 163 Å². The van der Waals surface area contributed by atoms with E-state index in [4.69, 9.17) is 0 Å². The number of hydrogen-bond acceptors (Lipinski definition) is 4. The van der Waals surface area contributed by atoms with Gasteiger partial charge in [-0.3, -0.25) is 9.69 Å². The van der Waals surface area contributed by atoms with Gasteiger partial charge in [-0.1, -0.05) is 19.9 Å². The fourth-order valence-electron chi connectivity index (χ4n) is 3.66. The summed E-state index contributed by atoms with van der Waals surface area (Å²) in [6.07, 6.45) is 3.12. The third-order valence-corrected chi connectivity index (χ3v) is 7.69. The van der Waals surface area contributed by atoms with Crippen LogP contribution in [-0.2, 0) is 27.7 Å². The largest absolute Gasteiger partial charge is 0.352 e. The second kappa shape index (κ2) is 8.29. The Hall–Kier alpha value is -1.44. The monoisotopic (exact) mass is 393 g/mol. The second-order valence-electron chi connectivity index (χ2n) is 8.06. The first kappa shape index (κ1) is 20.3. The van der Waals surface area contributed by atoms with Crippen molar-refractivity contribution in [3.63, 3.8) is 0 Å². The predicted octanol–water partition coefficient (Wildman–Crippen LogP) is 1.64. The van der Waals surface area contributed by atoms with Gasteiger partial charge in [-0.2, -0.15) is 4.31 Å². The summed E-state index contributed by atoms with van der Waals surface area (Å²) in [5.74, 6) is 0.398. The van der Waals surface area contributed by atoms with Crippen molar-refractivity contribution >= 4 is 15.9 Å². The Balaban J connectivity index is 1.56. The molecule has 1 amide bonds. The number of benzene rings is 1. The fourth-order valence-corrected chi connectivity index (χ4v) is 5.13. The number of fused-ring (bicyclic) bond motifs is 1. The van der Waals surface area contributed by atoms with Gasteiger partial charge < -0.3 is 5.32 Å². The van der Waals surface area contributed by atoms with Gasteiger partial charge >= 0.3 is 0 Å². The van der Waals surface area contributed by atoms with Crippen LogP contribution in [0.2, 0.25) is 0 Å². The molecule has 1 fully saturated rings. The third kappa shape index (κ3) is 4.70. The van der Waals surface area contributed by atoms with Gasteiger partial charge in [0.25, 0.3) is 0 Å². The number of piperazine rings is 1. The zero-order valence-corrected chi connectivity index (χ0v) is 17.4. The van der Waals surface area contributed by atoms with Crippen LogP contribution in [0.3, 0.4) is 0 Å². The minimum Gasteiger partial charge on any atom is -0.352 e. The number of hydrogen-bond donors (Lipinski definition) is 1. The van der Waals surface area contributed by atoms with Crippen molar-refractivity contribution in [1.29, 1.82) is 0 Å². The van der Waals surface area contributed by atoms with E-state index in [1.54, 1.807) is 10.4 Å². The number of nitrogens with zero attached hydrogens (tertiary/aromatic N) is 2. The summed E-state index contributed by atoms with van der Waals surface area (Å²) >= 11 is 0. The molecule has 1 aliphatic heterocycles. The fraction of sp³-hybridized carbons (Fsp3) is 0.650. The van der Waals surface area contributed by atoms with Crippen molar-refractivity contribution < 1.29 is 13.2 Å². The number of carbonyl (C=O) groups is 1. The van der Waals surface area contributed by atoms with Crippen molar-refractivity contribution in [2.75, 3.05) is 32.7 Å². The molecule has 0 bridgehead atoms. The molecule has 1 saturated heterocycles. The average Bonchev–Trinajstić information content (AvgIpc) is 3.09. The number of amides is 1. The van der Waals surface area contributed by atoms with Crippen LogP contribution in [-0.4, -0.2) is 62.3 Å². The average molecular weight is 394 g/mol. The molecule has 1 aromatic rings. The van der Waals surface area contributed by atoms with Gasteiger partial charge in [0.1, 0.15) is 0 Å². The van der Waals surface area contributed by atoms with E-state index < -0.39 is 10.0 Å². The number of aryl methyl sites for hydroxylation is 2. The zero-order chi connectivity index (χ0) is 19.6. The van der Waals surface area contributed by atoms with Gasteiger partial charge in [0.05, 0.1) is 11.4 Å². The van der Waals surface area contributed by atoms with Gasteiger partial charge in [-0.05, 0) is 55.4 Å². The number of rotatable bonds is 6. The molecular formula is C20H31N3O3S. The lowest BCUT2D eigenvalue weighted by Gasteiger charge is -2.34. The van der Waals surface area contributed by atoms with Crippen molar-refractivity contribution in [2.45, 2.75) is 51.0 Å². The Morgan fingerprint density at radius 3 is 2.41 bits per heavy atom. The molecule has 1 heterocycles. The van der Waals surface area contributed by atoms with E-state index >= 15 is 0 Å². The molecule has 1 aromatic carbocycles. The number of nitrogens with one attached hydrogen (secondary N) is 1. The van der Waals surface area contributed by atoms with Gasteiger partial charge in [-0.15, -0.1) is 0 Å². The summed E-state index contributed by atoms with van der Waals surface area (Å²) in [7, 11) is -3.46. The van der Waals surface area contributed by atoms with Crippen LogP contribution in [0.1, 0.15) is 38.3 Å². The maximum atomic E-state index is 13.0. The zero-order valence-electron chi connectivity index (χ0n) is 16.6. The van der Waals surface area contributed by atoms with Gasteiger partial charge in [-0.25, -0.2) is 8.42 Å². The number of carbonyl (C=O) groups excluding carboxylic acids is 1. The minimum atomic E-state index is -3.46. The van der Waals surface area contributed by atoms with Gasteiger partial charge in [0, 0.05) is 32.2 Å². The molecule has 3 rings (SSSR count). The van der Waals surface area contributed by atoms with E-state index in [0.29, 0.717) is 43.5 Å². The van der Waals surface area contributed by atoms with E-state index in [-0.39, 0.29) is 11.9 Å². The molecule has 7 heteroatoms. The van der Waals surface area contributed by atoms with Crippen LogP contribution in [0.15, 0.2) is 23.1 Å². The predicted molar refractivity (Wildman–Crippen MR) is 106 cm³/mol. The molecular weight excluding hydrogens is 362 g/mol. The van der Waals surface area contributed by atoms with Crippen LogP contribution in [0.5, 0.6) is 0 Å². The Morgan fingerprint density at radius 1 is 1.07 bits per heavy atom. The first-order chi connectivity index (χ1) is 12.8. The smallest absolute Gasteiger partial charge is 0.243 e. The lowest BCUT2D eigenvalue weighted by Crippen LogP contribution is -2.51. The number of sulfonamides is 1. The molecule has 1 N–H and O–H groups in total. The van der Waals surface area contributed by atoms with E-state index in [2.05, 4.69) is 19.2 Å².